The smallest absolute Gasteiger partial charge is 0.420 e. The summed E-state index contributed by atoms with van der Waals surface area (Å²) in [6.07, 6.45) is -1.56. The predicted molar refractivity (Wildman–Crippen MR) is 83.8 cm³/mol. The number of rotatable bonds is 4. The van der Waals surface area contributed by atoms with E-state index < -0.39 is 17.6 Å². The Hall–Kier alpha value is -2.51. The average Bonchev–Trinajstić information content (AvgIpc) is 2.86. The molecule has 0 unspecified atom stereocenters. The van der Waals surface area contributed by atoms with Crippen molar-refractivity contribution < 1.29 is 27.1 Å². The van der Waals surface area contributed by atoms with E-state index in [9.17, 15) is 18.0 Å². The van der Waals surface area contributed by atoms with Crippen molar-refractivity contribution in [1.82, 2.24) is 4.98 Å². The number of benzene rings is 1. The summed E-state index contributed by atoms with van der Waals surface area (Å²) < 4.78 is 49.4. The van der Waals surface area contributed by atoms with E-state index in [1.807, 2.05) is 0 Å². The van der Waals surface area contributed by atoms with Crippen LogP contribution in [-0.4, -0.2) is 18.0 Å². The number of ether oxygens (including phenoxy) is 1. The normalized spacial score (nSPS) is 14.9. The maximum Gasteiger partial charge on any atom is 0.420 e. The van der Waals surface area contributed by atoms with Gasteiger partial charge < -0.3 is 14.5 Å². The fourth-order valence-corrected chi connectivity index (χ4v) is 2.65. The third-order valence-electron chi connectivity index (χ3n) is 4.25. The molecule has 25 heavy (non-hydrogen) atoms. The number of hydrogen-bond acceptors (Lipinski definition) is 4. The van der Waals surface area contributed by atoms with Crippen molar-refractivity contribution in [3.63, 3.8) is 0 Å². The molecular formula is C17H17F3N2O3. The lowest BCUT2D eigenvalue weighted by molar-refractivity contribution is -0.138. The van der Waals surface area contributed by atoms with Crippen molar-refractivity contribution in [2.24, 2.45) is 0 Å². The first kappa shape index (κ1) is 17.3. The van der Waals surface area contributed by atoms with Crippen LogP contribution < -0.4 is 10.1 Å². The fraction of sp³-hybridized carbons (Fsp3) is 0.412. The molecule has 1 heterocycles. The second kappa shape index (κ2) is 6.42. The van der Waals surface area contributed by atoms with Crippen LogP contribution in [0.4, 0.5) is 18.9 Å². The second-order valence-electron chi connectivity index (χ2n) is 5.95. The third kappa shape index (κ3) is 3.47. The lowest BCUT2D eigenvalue weighted by Gasteiger charge is -2.21. The highest BCUT2D eigenvalue weighted by molar-refractivity contribution is 6.03. The van der Waals surface area contributed by atoms with Crippen molar-refractivity contribution in [1.29, 1.82) is 0 Å². The minimum Gasteiger partial charge on any atom is -0.496 e. The van der Waals surface area contributed by atoms with E-state index in [1.54, 1.807) is 6.92 Å². The molecule has 1 N–H and O–H groups in total. The van der Waals surface area contributed by atoms with Crippen LogP contribution in [0.25, 0.3) is 0 Å². The number of alkyl halides is 3. The second-order valence-corrected chi connectivity index (χ2v) is 5.95. The SMILES string of the molecule is COc1ccc(NC(=O)c2nc(C3CCC3)oc2C)cc1C(F)(F)F. The Kier molecular flexibility index (Phi) is 4.45. The lowest BCUT2D eigenvalue weighted by atomic mass is 9.85. The number of aryl methyl sites for hydroxylation is 1. The topological polar surface area (TPSA) is 64.4 Å². The third-order valence-corrected chi connectivity index (χ3v) is 4.25. The van der Waals surface area contributed by atoms with Crippen LogP contribution >= 0.6 is 0 Å². The summed E-state index contributed by atoms with van der Waals surface area (Å²) in [5.74, 6) is 0.169. The number of amides is 1. The van der Waals surface area contributed by atoms with Crippen LogP contribution in [0.1, 0.15) is 52.9 Å². The van der Waals surface area contributed by atoms with Gasteiger partial charge in [-0.25, -0.2) is 4.98 Å². The first-order chi connectivity index (χ1) is 11.8. The van der Waals surface area contributed by atoms with E-state index >= 15 is 0 Å². The van der Waals surface area contributed by atoms with Crippen LogP contribution in [-0.2, 0) is 6.18 Å². The molecule has 1 aliphatic carbocycles. The van der Waals surface area contributed by atoms with Crippen molar-refractivity contribution in [3.8, 4) is 5.75 Å². The number of aromatic nitrogens is 1. The monoisotopic (exact) mass is 354 g/mol. The number of nitrogens with one attached hydrogen (secondary N) is 1. The lowest BCUT2D eigenvalue weighted by Crippen LogP contribution is -2.16. The Bertz CT molecular complexity index is 795. The first-order valence-electron chi connectivity index (χ1n) is 7.83. The molecule has 0 aliphatic heterocycles. The molecule has 2 aromatic rings. The van der Waals surface area contributed by atoms with Gasteiger partial charge in [0, 0.05) is 11.6 Å². The summed E-state index contributed by atoms with van der Waals surface area (Å²) in [5.41, 5.74) is -0.864. The van der Waals surface area contributed by atoms with Gasteiger partial charge in [0.2, 0.25) is 0 Å². The molecule has 1 aromatic carbocycles. The molecule has 0 spiro atoms. The van der Waals surface area contributed by atoms with Gasteiger partial charge in [-0.1, -0.05) is 6.42 Å². The first-order valence-corrected chi connectivity index (χ1v) is 7.83. The summed E-state index contributed by atoms with van der Waals surface area (Å²) in [5, 5.41) is 2.43. The van der Waals surface area contributed by atoms with Gasteiger partial charge in [0.25, 0.3) is 5.91 Å². The maximum atomic E-state index is 13.1. The highest BCUT2D eigenvalue weighted by Gasteiger charge is 2.35. The van der Waals surface area contributed by atoms with Crippen molar-refractivity contribution in [2.45, 2.75) is 38.3 Å². The quantitative estimate of drug-likeness (QED) is 0.876. The molecule has 1 saturated carbocycles. The molecule has 1 fully saturated rings. The van der Waals surface area contributed by atoms with Gasteiger partial charge in [0.15, 0.2) is 11.6 Å². The standard InChI is InChI=1S/C17H17F3N2O3/c1-9-14(22-16(25-9)10-4-3-5-10)15(23)21-11-6-7-13(24-2)12(8-11)17(18,19)20/h6-8,10H,3-5H2,1-2H3,(H,21,23). The van der Waals surface area contributed by atoms with Gasteiger partial charge in [0.1, 0.15) is 11.5 Å². The number of hydrogen-bond donors (Lipinski definition) is 1. The molecule has 0 atom stereocenters. The number of oxazole rings is 1. The number of carbonyl (C=O) groups excluding carboxylic acids is 1. The molecular weight excluding hydrogens is 337 g/mol. The zero-order chi connectivity index (χ0) is 18.2. The van der Waals surface area contributed by atoms with Gasteiger partial charge in [-0.15, -0.1) is 0 Å². The van der Waals surface area contributed by atoms with Crippen molar-refractivity contribution in [3.05, 3.63) is 41.1 Å². The van der Waals surface area contributed by atoms with E-state index in [2.05, 4.69) is 10.3 Å². The predicted octanol–water partition coefficient (Wildman–Crippen LogP) is 4.53. The molecule has 1 amide bonds. The molecule has 0 radical (unpaired) electrons. The highest BCUT2D eigenvalue weighted by atomic mass is 19.4. The minimum absolute atomic E-state index is 0.00530. The van der Waals surface area contributed by atoms with Gasteiger partial charge in [0.05, 0.1) is 12.7 Å². The number of carbonyl (C=O) groups is 1. The largest absolute Gasteiger partial charge is 0.496 e. The van der Waals surface area contributed by atoms with Gasteiger partial charge in [-0.2, -0.15) is 13.2 Å². The van der Waals surface area contributed by atoms with Gasteiger partial charge >= 0.3 is 6.18 Å². The van der Waals surface area contributed by atoms with E-state index in [0.29, 0.717) is 11.7 Å². The number of halogens is 3. The van der Waals surface area contributed by atoms with Gasteiger partial charge in [-0.05, 0) is 38.0 Å². The number of nitrogens with zero attached hydrogens (tertiary/aromatic N) is 1. The Morgan fingerprint density at radius 2 is 2.08 bits per heavy atom. The fourth-order valence-electron chi connectivity index (χ4n) is 2.65. The van der Waals surface area contributed by atoms with Crippen LogP contribution in [0, 0.1) is 6.92 Å². The zero-order valence-electron chi connectivity index (χ0n) is 13.7. The average molecular weight is 354 g/mol. The molecule has 0 saturated heterocycles. The Morgan fingerprint density at radius 1 is 1.36 bits per heavy atom. The number of methoxy groups -OCH3 is 1. The van der Waals surface area contributed by atoms with Crippen LogP contribution in [0.5, 0.6) is 5.75 Å². The van der Waals surface area contributed by atoms with Crippen molar-refractivity contribution in [2.75, 3.05) is 12.4 Å². The molecule has 1 aliphatic rings. The summed E-state index contributed by atoms with van der Waals surface area (Å²) in [6, 6.07) is 3.33. The van der Waals surface area contributed by atoms with Gasteiger partial charge in [-0.3, -0.25) is 4.79 Å². The van der Waals surface area contributed by atoms with Crippen LogP contribution in [0.3, 0.4) is 0 Å². The zero-order valence-corrected chi connectivity index (χ0v) is 13.7. The van der Waals surface area contributed by atoms with E-state index in [-0.39, 0.29) is 23.0 Å². The van der Waals surface area contributed by atoms with E-state index in [0.717, 1.165) is 38.5 Å². The highest BCUT2D eigenvalue weighted by Crippen LogP contribution is 2.38. The summed E-state index contributed by atoms with van der Waals surface area (Å²) in [7, 11) is 1.16. The molecule has 5 nitrogen and oxygen atoms in total. The van der Waals surface area contributed by atoms with Crippen LogP contribution in [0.2, 0.25) is 0 Å². The van der Waals surface area contributed by atoms with Crippen LogP contribution in [0.15, 0.2) is 22.6 Å². The van der Waals surface area contributed by atoms with E-state index in [1.165, 1.54) is 6.07 Å². The minimum atomic E-state index is -4.59. The molecule has 3 rings (SSSR count). The summed E-state index contributed by atoms with van der Waals surface area (Å²) >= 11 is 0. The Labute approximate surface area is 142 Å². The molecule has 134 valence electrons. The Morgan fingerprint density at radius 3 is 2.64 bits per heavy atom. The maximum absolute atomic E-state index is 13.1. The molecule has 1 aromatic heterocycles. The Balaban J connectivity index is 1.82. The molecule has 8 heteroatoms. The van der Waals surface area contributed by atoms with Crippen molar-refractivity contribution >= 4 is 11.6 Å². The number of anilines is 1. The van der Waals surface area contributed by atoms with E-state index in [4.69, 9.17) is 9.15 Å². The summed E-state index contributed by atoms with van der Waals surface area (Å²) in [6.45, 7) is 1.61. The summed E-state index contributed by atoms with van der Waals surface area (Å²) in [4.78, 5) is 16.6. The molecule has 0 bridgehead atoms.